The van der Waals surface area contributed by atoms with Gasteiger partial charge in [-0.1, -0.05) is 0 Å². The van der Waals surface area contributed by atoms with Gasteiger partial charge in [-0.3, -0.25) is 0 Å². The Hall–Kier alpha value is -0.260. The normalized spacial score (nSPS) is 9.71. The van der Waals surface area contributed by atoms with Gasteiger partial charge in [0, 0.05) is 17.7 Å². The van der Waals surface area contributed by atoms with Crippen molar-refractivity contribution in [3.8, 4) is 11.5 Å². The second kappa shape index (κ2) is 5.00. The topological polar surface area (TPSA) is 35.5 Å². The van der Waals surface area contributed by atoms with Crippen molar-refractivity contribution in [2.75, 3.05) is 7.11 Å². The highest BCUT2D eigenvalue weighted by Gasteiger charge is 2.10. The Labute approximate surface area is 103 Å². The molecule has 0 aliphatic carbocycles. The first-order valence-corrected chi connectivity index (χ1v) is 5.41. The van der Waals surface area contributed by atoms with Gasteiger partial charge >= 0.3 is 5.43 Å². The van der Waals surface area contributed by atoms with Gasteiger partial charge in [0.15, 0.2) is 0 Å². The van der Waals surface area contributed by atoms with Gasteiger partial charge in [-0.15, -0.1) is 0 Å². The molecule has 76 valence electrons. The summed E-state index contributed by atoms with van der Waals surface area (Å²) in [6.07, 6.45) is 0. The number of carbonyl (C=O) groups is 1. The minimum Gasteiger partial charge on any atom is -0.496 e. The molecule has 6 heteroatoms. The Bertz CT molecular complexity index is 368. The molecule has 0 amide bonds. The first-order valence-electron chi connectivity index (χ1n) is 3.45. The zero-order valence-corrected chi connectivity index (χ0v) is 10.9. The van der Waals surface area contributed by atoms with Crippen LogP contribution < -0.4 is 9.47 Å². The third-order valence-electron chi connectivity index (χ3n) is 1.40. The van der Waals surface area contributed by atoms with Gasteiger partial charge in [0.05, 0.1) is 16.1 Å². The number of hydrogen-bond acceptors (Lipinski definition) is 3. The van der Waals surface area contributed by atoms with E-state index in [1.54, 1.807) is 19.2 Å². The van der Waals surface area contributed by atoms with Crippen molar-refractivity contribution in [1.29, 1.82) is 0 Å². The molecular formula is C8H5Br2ClO3. The summed E-state index contributed by atoms with van der Waals surface area (Å²) in [5.41, 5.74) is -0.886. The van der Waals surface area contributed by atoms with Gasteiger partial charge in [0.1, 0.15) is 11.5 Å². The van der Waals surface area contributed by atoms with Crippen molar-refractivity contribution in [3.63, 3.8) is 0 Å². The Balaban J connectivity index is 3.08. The SMILES string of the molecule is COc1cc(Br)c(OC(=O)Cl)cc1Br. The van der Waals surface area contributed by atoms with Crippen molar-refractivity contribution in [2.24, 2.45) is 0 Å². The molecule has 0 aliphatic heterocycles. The Morgan fingerprint density at radius 2 is 1.79 bits per heavy atom. The lowest BCUT2D eigenvalue weighted by molar-refractivity contribution is 0.225. The Morgan fingerprint density at radius 1 is 1.29 bits per heavy atom. The highest BCUT2D eigenvalue weighted by Crippen LogP contribution is 2.36. The zero-order valence-electron chi connectivity index (χ0n) is 7.01. The predicted octanol–water partition coefficient (Wildman–Crippen LogP) is 3.96. The quantitative estimate of drug-likeness (QED) is 0.762. The molecule has 0 spiro atoms. The van der Waals surface area contributed by atoms with Crippen LogP contribution in [0.5, 0.6) is 11.5 Å². The maximum Gasteiger partial charge on any atom is 0.409 e. The summed E-state index contributed by atoms with van der Waals surface area (Å²) in [4.78, 5) is 10.5. The summed E-state index contributed by atoms with van der Waals surface area (Å²) in [6.45, 7) is 0. The lowest BCUT2D eigenvalue weighted by Crippen LogP contribution is -1.97. The van der Waals surface area contributed by atoms with E-state index in [0.29, 0.717) is 20.4 Å². The second-order valence-corrected chi connectivity index (χ2v) is 4.27. The monoisotopic (exact) mass is 342 g/mol. The number of carbonyl (C=O) groups excluding carboxylic acids is 1. The van der Waals surface area contributed by atoms with E-state index in [2.05, 4.69) is 31.9 Å². The first kappa shape index (κ1) is 11.8. The molecule has 1 aromatic carbocycles. The van der Waals surface area contributed by atoms with E-state index in [-0.39, 0.29) is 0 Å². The molecule has 0 unspecified atom stereocenters. The fourth-order valence-electron chi connectivity index (χ4n) is 0.831. The summed E-state index contributed by atoms with van der Waals surface area (Å²) >= 11 is 11.5. The molecule has 0 fully saturated rings. The van der Waals surface area contributed by atoms with Gasteiger partial charge in [-0.2, -0.15) is 0 Å². The molecule has 0 radical (unpaired) electrons. The van der Waals surface area contributed by atoms with E-state index in [1.807, 2.05) is 0 Å². The van der Waals surface area contributed by atoms with Crippen LogP contribution in [0.2, 0.25) is 0 Å². The maximum atomic E-state index is 10.5. The van der Waals surface area contributed by atoms with Crippen LogP contribution in [0.25, 0.3) is 0 Å². The van der Waals surface area contributed by atoms with E-state index in [4.69, 9.17) is 21.1 Å². The molecule has 1 aromatic rings. The van der Waals surface area contributed by atoms with Gasteiger partial charge < -0.3 is 9.47 Å². The number of methoxy groups -OCH3 is 1. The van der Waals surface area contributed by atoms with E-state index < -0.39 is 5.43 Å². The van der Waals surface area contributed by atoms with Crippen LogP contribution in [0.3, 0.4) is 0 Å². The summed E-state index contributed by atoms with van der Waals surface area (Å²) < 4.78 is 11.0. The number of ether oxygens (including phenoxy) is 2. The van der Waals surface area contributed by atoms with Gasteiger partial charge in [0.2, 0.25) is 0 Å². The zero-order chi connectivity index (χ0) is 10.7. The van der Waals surface area contributed by atoms with E-state index in [0.717, 1.165) is 0 Å². The third kappa shape index (κ3) is 2.87. The average Bonchev–Trinajstić information content (AvgIpc) is 2.10. The largest absolute Gasteiger partial charge is 0.496 e. The summed E-state index contributed by atoms with van der Waals surface area (Å²) in [6, 6.07) is 3.25. The molecular weight excluding hydrogens is 339 g/mol. The van der Waals surface area contributed by atoms with Crippen LogP contribution in [0.4, 0.5) is 4.79 Å². The highest BCUT2D eigenvalue weighted by molar-refractivity contribution is 9.11. The summed E-state index contributed by atoms with van der Waals surface area (Å²) in [7, 11) is 1.54. The molecule has 0 saturated carbocycles. The molecule has 14 heavy (non-hydrogen) atoms. The smallest absolute Gasteiger partial charge is 0.409 e. The lowest BCUT2D eigenvalue weighted by Gasteiger charge is -2.07. The van der Waals surface area contributed by atoms with Crippen LogP contribution >= 0.6 is 43.5 Å². The molecule has 3 nitrogen and oxygen atoms in total. The second-order valence-electron chi connectivity index (χ2n) is 2.26. The fourth-order valence-corrected chi connectivity index (χ4v) is 1.80. The van der Waals surface area contributed by atoms with Crippen LogP contribution in [0.15, 0.2) is 21.1 Å². The number of benzene rings is 1. The number of rotatable bonds is 2. The molecule has 1 rings (SSSR count). The van der Waals surface area contributed by atoms with Crippen LogP contribution in [-0.4, -0.2) is 12.5 Å². The summed E-state index contributed by atoms with van der Waals surface area (Å²) in [5, 5.41) is 0. The maximum absolute atomic E-state index is 10.5. The first-order chi connectivity index (χ1) is 6.54. The summed E-state index contributed by atoms with van der Waals surface area (Å²) in [5.74, 6) is 0.962. The number of halogens is 3. The third-order valence-corrected chi connectivity index (χ3v) is 2.71. The van der Waals surface area contributed by atoms with E-state index >= 15 is 0 Å². The van der Waals surface area contributed by atoms with Crippen molar-refractivity contribution in [2.45, 2.75) is 0 Å². The van der Waals surface area contributed by atoms with Gasteiger partial charge in [-0.25, -0.2) is 4.79 Å². The van der Waals surface area contributed by atoms with Crippen LogP contribution in [0, 0.1) is 0 Å². The van der Waals surface area contributed by atoms with Crippen LogP contribution in [-0.2, 0) is 0 Å². The minimum atomic E-state index is -0.886. The highest BCUT2D eigenvalue weighted by atomic mass is 79.9. The number of hydrogen-bond donors (Lipinski definition) is 0. The fraction of sp³-hybridized carbons (Fsp3) is 0.125. The molecule has 0 bridgehead atoms. The lowest BCUT2D eigenvalue weighted by atomic mass is 10.3. The van der Waals surface area contributed by atoms with Gasteiger partial charge in [-0.05, 0) is 37.9 Å². The molecule has 0 aromatic heterocycles. The minimum absolute atomic E-state index is 0.331. The molecule has 0 saturated heterocycles. The van der Waals surface area contributed by atoms with Gasteiger partial charge in [0.25, 0.3) is 0 Å². The van der Waals surface area contributed by atoms with E-state index in [1.165, 1.54) is 0 Å². The molecule has 0 aliphatic rings. The molecule has 0 N–H and O–H groups in total. The molecule has 0 atom stereocenters. The van der Waals surface area contributed by atoms with Crippen molar-refractivity contribution in [3.05, 3.63) is 21.1 Å². The van der Waals surface area contributed by atoms with Crippen molar-refractivity contribution >= 4 is 48.9 Å². The van der Waals surface area contributed by atoms with Crippen molar-refractivity contribution in [1.82, 2.24) is 0 Å². The predicted molar refractivity (Wildman–Crippen MR) is 60.3 cm³/mol. The Morgan fingerprint density at radius 3 is 2.29 bits per heavy atom. The average molecular weight is 344 g/mol. The Kier molecular flexibility index (Phi) is 4.22. The van der Waals surface area contributed by atoms with E-state index in [9.17, 15) is 4.79 Å². The van der Waals surface area contributed by atoms with Crippen LogP contribution in [0.1, 0.15) is 0 Å². The molecule has 0 heterocycles. The van der Waals surface area contributed by atoms with Crippen molar-refractivity contribution < 1.29 is 14.3 Å². The standard InChI is InChI=1S/C8H5Br2ClO3/c1-13-6-2-5(10)7(3-4(6)9)14-8(11)12/h2-3H,1H3.